The largest absolute Gasteiger partial charge is 0.495 e. The predicted molar refractivity (Wildman–Crippen MR) is 124 cm³/mol. The van der Waals surface area contributed by atoms with E-state index in [1.54, 1.807) is 43.3 Å². The second-order valence-corrected chi connectivity index (χ2v) is 8.23. The molecule has 1 aliphatic rings. The molecule has 2 aromatic rings. The van der Waals surface area contributed by atoms with Crippen LogP contribution in [0.25, 0.3) is 0 Å². The van der Waals surface area contributed by atoms with E-state index in [1.165, 1.54) is 18.9 Å². The average molecular weight is 460 g/mol. The molecule has 1 heterocycles. The molecule has 0 bridgehead atoms. The number of carbonyl (C=O) groups is 1. The molecule has 3 rings (SSSR count). The topological polar surface area (TPSA) is 74.5 Å². The molecule has 1 aliphatic heterocycles. The Morgan fingerprint density at radius 1 is 1.27 bits per heavy atom. The van der Waals surface area contributed by atoms with Gasteiger partial charge in [0.05, 0.1) is 23.9 Å². The summed E-state index contributed by atoms with van der Waals surface area (Å²) in [6.07, 6.45) is 1.86. The number of carbonyl (C=O) groups excluding carboxylic acids is 1. The summed E-state index contributed by atoms with van der Waals surface area (Å²) in [5.41, 5.74) is 2.10. The smallest absolute Gasteiger partial charge is 0.254 e. The average Bonchev–Trinajstić information content (AvgIpc) is 2.73. The molecule has 0 spiro atoms. The number of ether oxygens (including phenoxy) is 1. The van der Waals surface area contributed by atoms with Gasteiger partial charge in [0.1, 0.15) is 11.7 Å². The van der Waals surface area contributed by atoms with E-state index >= 15 is 0 Å². The highest BCUT2D eigenvalue weighted by Gasteiger charge is 2.39. The molecule has 0 saturated heterocycles. The van der Waals surface area contributed by atoms with Crippen molar-refractivity contribution in [2.75, 3.05) is 18.7 Å². The Morgan fingerprint density at radius 3 is 2.63 bits per heavy atom. The zero-order valence-electron chi connectivity index (χ0n) is 16.6. The van der Waals surface area contributed by atoms with E-state index in [9.17, 15) is 10.1 Å². The lowest BCUT2D eigenvalue weighted by molar-refractivity contribution is -0.113. The molecule has 2 unspecified atom stereocenters. The highest BCUT2D eigenvalue weighted by molar-refractivity contribution is 8.13. The van der Waals surface area contributed by atoms with Gasteiger partial charge in [0.15, 0.2) is 0 Å². The van der Waals surface area contributed by atoms with Crippen LogP contribution in [0.4, 0.5) is 5.69 Å². The van der Waals surface area contributed by atoms with Crippen LogP contribution in [0.1, 0.15) is 18.4 Å². The lowest BCUT2D eigenvalue weighted by atomic mass is 9.78. The number of para-hydroxylation sites is 2. The standard InChI is InChI=1S/C22H19Cl2N3O2S/c1-12-19(21(28)27-17-6-4-5-7-18(17)29-2)20(15(11-25)22(26-12)30-3)14-9-8-13(23)10-16(14)24/h4-10,15,20H,1-3H3,(H,27,28). The summed E-state index contributed by atoms with van der Waals surface area (Å²) in [5.74, 6) is -1.07. The molecule has 30 heavy (non-hydrogen) atoms. The quantitative estimate of drug-likeness (QED) is 0.615. The van der Waals surface area contributed by atoms with Crippen LogP contribution in [0.15, 0.2) is 58.7 Å². The fourth-order valence-corrected chi connectivity index (χ4v) is 4.66. The number of allylic oxidation sites excluding steroid dienone is 1. The summed E-state index contributed by atoms with van der Waals surface area (Å²) in [7, 11) is 1.53. The van der Waals surface area contributed by atoms with E-state index in [-0.39, 0.29) is 5.91 Å². The van der Waals surface area contributed by atoms with Crippen LogP contribution in [-0.4, -0.2) is 24.3 Å². The number of thioether (sulfide) groups is 1. The second kappa shape index (κ2) is 9.57. The van der Waals surface area contributed by atoms with Crippen molar-refractivity contribution in [2.45, 2.75) is 12.8 Å². The summed E-state index contributed by atoms with van der Waals surface area (Å²) in [6, 6.07) is 14.5. The number of hydrogen-bond acceptors (Lipinski definition) is 5. The van der Waals surface area contributed by atoms with Crippen LogP contribution >= 0.6 is 35.0 Å². The first-order valence-corrected chi connectivity index (χ1v) is 11.0. The van der Waals surface area contributed by atoms with E-state index in [1.807, 2.05) is 12.3 Å². The maximum absolute atomic E-state index is 13.4. The molecule has 0 aromatic heterocycles. The van der Waals surface area contributed by atoms with E-state index in [2.05, 4.69) is 16.4 Å². The van der Waals surface area contributed by atoms with Gasteiger partial charge in [-0.3, -0.25) is 4.79 Å². The maximum Gasteiger partial charge on any atom is 0.254 e. The van der Waals surface area contributed by atoms with E-state index in [0.717, 1.165) is 0 Å². The van der Waals surface area contributed by atoms with E-state index in [0.29, 0.717) is 43.4 Å². The second-order valence-electron chi connectivity index (χ2n) is 6.56. The molecule has 0 fully saturated rings. The van der Waals surface area contributed by atoms with Gasteiger partial charge in [-0.15, -0.1) is 11.8 Å². The first-order chi connectivity index (χ1) is 14.4. The molecule has 1 N–H and O–H groups in total. The van der Waals surface area contributed by atoms with Crippen molar-refractivity contribution in [2.24, 2.45) is 10.9 Å². The van der Waals surface area contributed by atoms with Crippen LogP contribution in [0, 0.1) is 17.2 Å². The Labute approximate surface area is 189 Å². The molecule has 0 saturated carbocycles. The molecule has 0 radical (unpaired) electrons. The van der Waals surface area contributed by atoms with Gasteiger partial charge >= 0.3 is 0 Å². The molecular weight excluding hydrogens is 441 g/mol. The number of nitrogens with one attached hydrogen (secondary N) is 1. The van der Waals surface area contributed by atoms with Crippen LogP contribution in [0.3, 0.4) is 0 Å². The molecule has 0 aliphatic carbocycles. The molecule has 1 amide bonds. The van der Waals surface area contributed by atoms with E-state index < -0.39 is 11.8 Å². The monoisotopic (exact) mass is 459 g/mol. The van der Waals surface area contributed by atoms with Crippen molar-refractivity contribution in [1.82, 2.24) is 0 Å². The van der Waals surface area contributed by atoms with Gasteiger partial charge in [-0.1, -0.05) is 41.4 Å². The number of hydrogen-bond donors (Lipinski definition) is 1. The third kappa shape index (κ3) is 4.34. The molecule has 2 atom stereocenters. The minimum Gasteiger partial charge on any atom is -0.495 e. The normalized spacial score (nSPS) is 18.5. The number of nitriles is 1. The first-order valence-electron chi connectivity index (χ1n) is 9.03. The van der Waals surface area contributed by atoms with Crippen LogP contribution in [0.2, 0.25) is 10.0 Å². The van der Waals surface area contributed by atoms with Crippen LogP contribution in [0.5, 0.6) is 5.75 Å². The fraction of sp³-hybridized carbons (Fsp3) is 0.227. The Balaban J connectivity index is 2.13. The number of amides is 1. The Hall–Kier alpha value is -2.46. The SMILES string of the molecule is COc1ccccc1NC(=O)C1=C(C)N=C(SC)C(C#N)C1c1ccc(Cl)cc1Cl. The van der Waals surface area contributed by atoms with Crippen molar-refractivity contribution < 1.29 is 9.53 Å². The number of benzene rings is 2. The summed E-state index contributed by atoms with van der Waals surface area (Å²) in [5, 5.41) is 14.3. The van der Waals surface area contributed by atoms with Crippen molar-refractivity contribution in [1.29, 1.82) is 5.26 Å². The van der Waals surface area contributed by atoms with Crippen LogP contribution in [-0.2, 0) is 4.79 Å². The predicted octanol–water partition coefficient (Wildman–Crippen LogP) is 5.91. The number of nitrogens with zero attached hydrogens (tertiary/aromatic N) is 2. The summed E-state index contributed by atoms with van der Waals surface area (Å²) < 4.78 is 5.33. The minimum absolute atomic E-state index is 0.364. The maximum atomic E-state index is 13.4. The fourth-order valence-electron chi connectivity index (χ4n) is 3.46. The Kier molecular flexibility index (Phi) is 7.09. The van der Waals surface area contributed by atoms with Gasteiger partial charge < -0.3 is 10.1 Å². The third-order valence-electron chi connectivity index (χ3n) is 4.82. The number of anilines is 1. The Bertz CT molecular complexity index is 1090. The van der Waals surface area contributed by atoms with Gasteiger partial charge in [-0.2, -0.15) is 5.26 Å². The molecule has 8 heteroatoms. The third-order valence-corrected chi connectivity index (χ3v) is 6.15. The van der Waals surface area contributed by atoms with Crippen molar-refractivity contribution in [3.05, 3.63) is 69.3 Å². The highest BCUT2D eigenvalue weighted by Crippen LogP contribution is 2.44. The molecular formula is C22H19Cl2N3O2S. The lowest BCUT2D eigenvalue weighted by Gasteiger charge is -2.30. The molecule has 154 valence electrons. The first kappa shape index (κ1) is 22.2. The minimum atomic E-state index is -0.652. The van der Waals surface area contributed by atoms with Gasteiger partial charge in [0.2, 0.25) is 0 Å². The number of methoxy groups -OCH3 is 1. The Morgan fingerprint density at radius 2 is 2.00 bits per heavy atom. The molecule has 2 aromatic carbocycles. The lowest BCUT2D eigenvalue weighted by Crippen LogP contribution is -2.31. The van der Waals surface area contributed by atoms with Gasteiger partial charge in [0, 0.05) is 27.2 Å². The van der Waals surface area contributed by atoms with Crippen molar-refractivity contribution in [3.63, 3.8) is 0 Å². The summed E-state index contributed by atoms with van der Waals surface area (Å²) in [6.45, 7) is 1.76. The number of rotatable bonds is 4. The zero-order chi connectivity index (χ0) is 21.8. The summed E-state index contributed by atoms with van der Waals surface area (Å²) in [4.78, 5) is 17.9. The van der Waals surface area contributed by atoms with Gasteiger partial charge in [-0.25, -0.2) is 4.99 Å². The van der Waals surface area contributed by atoms with Gasteiger partial charge in [0.25, 0.3) is 5.91 Å². The van der Waals surface area contributed by atoms with Crippen LogP contribution < -0.4 is 10.1 Å². The molecule has 5 nitrogen and oxygen atoms in total. The van der Waals surface area contributed by atoms with E-state index in [4.69, 9.17) is 27.9 Å². The summed E-state index contributed by atoms with van der Waals surface area (Å²) >= 11 is 13.9. The van der Waals surface area contributed by atoms with Gasteiger partial charge in [-0.05, 0) is 43.0 Å². The number of halogens is 2. The van der Waals surface area contributed by atoms with Crippen molar-refractivity contribution in [3.8, 4) is 11.8 Å². The number of aliphatic imine (C=N–C) groups is 1. The van der Waals surface area contributed by atoms with Crippen molar-refractivity contribution >= 4 is 51.6 Å². The highest BCUT2D eigenvalue weighted by atomic mass is 35.5. The zero-order valence-corrected chi connectivity index (χ0v) is 18.9.